The second-order valence-corrected chi connectivity index (χ2v) is 11.8. The molecule has 0 bridgehead atoms. The molecule has 1 saturated heterocycles. The number of amides is 1. The van der Waals surface area contributed by atoms with Crippen LogP contribution in [0.2, 0.25) is 0 Å². The van der Waals surface area contributed by atoms with Crippen molar-refractivity contribution < 1.29 is 35.9 Å². The Morgan fingerprint density at radius 3 is 2.15 bits per heavy atom. The van der Waals surface area contributed by atoms with Gasteiger partial charge < -0.3 is 15.0 Å². The number of nitrogens with one attached hydrogen (secondary N) is 1. The Morgan fingerprint density at radius 2 is 1.60 bits per heavy atom. The lowest BCUT2D eigenvalue weighted by Crippen LogP contribution is -2.36. The van der Waals surface area contributed by atoms with Crippen LogP contribution in [0.4, 0.5) is 18.9 Å². The van der Waals surface area contributed by atoms with Gasteiger partial charge in [-0.1, -0.05) is 31.2 Å². The van der Waals surface area contributed by atoms with Gasteiger partial charge in [-0.15, -0.1) is 0 Å². The quantitative estimate of drug-likeness (QED) is 0.382. The van der Waals surface area contributed by atoms with Crippen LogP contribution in [-0.4, -0.2) is 45.7 Å². The predicted molar refractivity (Wildman–Crippen MR) is 144 cm³/mol. The summed E-state index contributed by atoms with van der Waals surface area (Å²) in [5.74, 6) is -0.959. The van der Waals surface area contributed by atoms with Gasteiger partial charge in [-0.25, -0.2) is 13.2 Å². The summed E-state index contributed by atoms with van der Waals surface area (Å²) in [5, 5.41) is 2.80. The van der Waals surface area contributed by atoms with Gasteiger partial charge in [0.15, 0.2) is 9.84 Å². The van der Waals surface area contributed by atoms with E-state index in [2.05, 4.69) is 5.32 Å². The molecule has 11 heteroatoms. The third-order valence-electron chi connectivity index (χ3n) is 7.06. The van der Waals surface area contributed by atoms with E-state index in [1.54, 1.807) is 43.3 Å². The molecule has 1 aliphatic rings. The number of benzene rings is 3. The molecular formula is C29H29F3N2O5S. The van der Waals surface area contributed by atoms with Crippen LogP contribution in [0.25, 0.3) is 0 Å². The number of alkyl halides is 3. The molecule has 1 unspecified atom stereocenters. The summed E-state index contributed by atoms with van der Waals surface area (Å²) >= 11 is 0. The molecule has 1 N–H and O–H groups in total. The monoisotopic (exact) mass is 574 g/mol. The van der Waals surface area contributed by atoms with Crippen molar-refractivity contribution in [1.29, 1.82) is 0 Å². The highest BCUT2D eigenvalue weighted by Gasteiger charge is 2.39. The molecule has 1 amide bonds. The number of carbonyl (C=O) groups excluding carboxylic acids is 2. The van der Waals surface area contributed by atoms with Crippen molar-refractivity contribution in [3.8, 4) is 0 Å². The highest BCUT2D eigenvalue weighted by Crippen LogP contribution is 2.37. The molecule has 1 heterocycles. The second kappa shape index (κ2) is 11.7. The summed E-state index contributed by atoms with van der Waals surface area (Å²) in [6.45, 7) is 2.17. The highest BCUT2D eigenvalue weighted by molar-refractivity contribution is 7.91. The number of esters is 1. The molecule has 4 rings (SSSR count). The molecule has 212 valence electrons. The number of nitrogens with zero attached hydrogens (tertiary/aromatic N) is 1. The van der Waals surface area contributed by atoms with Crippen LogP contribution in [0.5, 0.6) is 0 Å². The number of halogens is 3. The Kier molecular flexibility index (Phi) is 8.53. The first-order valence-corrected chi connectivity index (χ1v) is 14.3. The molecule has 1 aliphatic heterocycles. The van der Waals surface area contributed by atoms with E-state index in [9.17, 15) is 31.2 Å². The third-order valence-corrected chi connectivity index (χ3v) is 8.81. The zero-order valence-electron chi connectivity index (χ0n) is 21.9. The summed E-state index contributed by atoms with van der Waals surface area (Å²) in [7, 11) is -2.01. The van der Waals surface area contributed by atoms with Crippen molar-refractivity contribution in [3.63, 3.8) is 0 Å². The van der Waals surface area contributed by atoms with Gasteiger partial charge >= 0.3 is 12.1 Å². The number of ether oxygens (including phenoxy) is 1. The molecule has 0 saturated carbocycles. The van der Waals surface area contributed by atoms with Gasteiger partial charge in [0.1, 0.15) is 6.04 Å². The van der Waals surface area contributed by atoms with Gasteiger partial charge in [-0.05, 0) is 66.1 Å². The van der Waals surface area contributed by atoms with Gasteiger partial charge in [0.05, 0.1) is 23.3 Å². The smallest absolute Gasteiger partial charge is 0.416 e. The SMILES string of the molecule is CCS(=O)(=O)c1ccc(CNC(=O)c2ccc(N3CC(c4ccc(C(F)(F)F)cc4)C[C@H]3C(=O)OC)cc2)cc1. The zero-order valence-corrected chi connectivity index (χ0v) is 22.8. The lowest BCUT2D eigenvalue weighted by molar-refractivity contribution is -0.142. The number of carbonyl (C=O) groups is 2. The zero-order chi connectivity index (χ0) is 29.1. The van der Waals surface area contributed by atoms with E-state index in [0.717, 1.165) is 17.7 Å². The molecular weight excluding hydrogens is 545 g/mol. The standard InChI is InChI=1S/C29H29F3N2O5S/c1-3-40(37,38)25-14-4-19(5-15-25)17-33-27(35)21-8-12-24(13-9-21)34-18-22(16-26(34)28(36)39-2)20-6-10-23(11-7-20)29(30,31)32/h4-15,22,26H,3,16-18H2,1-2H3,(H,33,35)/t22?,26-/m0/s1. The average Bonchev–Trinajstić information content (AvgIpc) is 3.41. The largest absolute Gasteiger partial charge is 0.467 e. The number of hydrogen-bond acceptors (Lipinski definition) is 6. The Morgan fingerprint density at radius 1 is 0.975 bits per heavy atom. The second-order valence-electron chi connectivity index (χ2n) is 9.52. The molecule has 1 fully saturated rings. The minimum atomic E-state index is -4.43. The van der Waals surface area contributed by atoms with Crippen molar-refractivity contribution in [2.45, 2.75) is 42.9 Å². The Bertz CT molecular complexity index is 1460. The van der Waals surface area contributed by atoms with Gasteiger partial charge in [-0.2, -0.15) is 13.2 Å². The molecule has 3 aromatic rings. The van der Waals surface area contributed by atoms with Crippen LogP contribution in [-0.2, 0) is 32.1 Å². The highest BCUT2D eigenvalue weighted by atomic mass is 32.2. The fourth-order valence-electron chi connectivity index (χ4n) is 4.74. The van der Waals surface area contributed by atoms with Crippen molar-refractivity contribution in [2.75, 3.05) is 24.3 Å². The maximum atomic E-state index is 13.0. The van der Waals surface area contributed by atoms with Crippen molar-refractivity contribution in [1.82, 2.24) is 5.32 Å². The molecule has 2 atom stereocenters. The molecule has 7 nitrogen and oxygen atoms in total. The Hall–Kier alpha value is -3.86. The van der Waals surface area contributed by atoms with E-state index in [1.807, 2.05) is 4.90 Å². The summed E-state index contributed by atoms with van der Waals surface area (Å²) in [5.41, 5.74) is 1.77. The van der Waals surface area contributed by atoms with Crippen LogP contribution in [0.3, 0.4) is 0 Å². The van der Waals surface area contributed by atoms with E-state index >= 15 is 0 Å². The summed E-state index contributed by atoms with van der Waals surface area (Å²) in [6.07, 6.45) is -4.05. The minimum absolute atomic E-state index is 0.00654. The lowest BCUT2D eigenvalue weighted by atomic mass is 9.95. The van der Waals surface area contributed by atoms with Crippen LogP contribution in [0, 0.1) is 0 Å². The molecule has 0 aromatic heterocycles. The summed E-state index contributed by atoms with van der Waals surface area (Å²) in [6, 6.07) is 17.3. The number of rotatable bonds is 8. The summed E-state index contributed by atoms with van der Waals surface area (Å²) < 4.78 is 67.8. The van der Waals surface area contributed by atoms with Gasteiger partial charge in [-0.3, -0.25) is 4.79 Å². The fraction of sp³-hybridized carbons (Fsp3) is 0.310. The van der Waals surface area contributed by atoms with E-state index in [-0.39, 0.29) is 29.0 Å². The Balaban J connectivity index is 1.43. The number of hydrogen-bond donors (Lipinski definition) is 1. The van der Waals surface area contributed by atoms with E-state index in [0.29, 0.717) is 29.8 Å². The van der Waals surface area contributed by atoms with Crippen LogP contribution < -0.4 is 10.2 Å². The van der Waals surface area contributed by atoms with E-state index < -0.39 is 33.6 Å². The predicted octanol–water partition coefficient (Wildman–Crippen LogP) is 4.96. The van der Waals surface area contributed by atoms with Crippen molar-refractivity contribution >= 4 is 27.4 Å². The maximum Gasteiger partial charge on any atom is 0.416 e. The lowest BCUT2D eigenvalue weighted by Gasteiger charge is -2.25. The van der Waals surface area contributed by atoms with Crippen LogP contribution in [0.1, 0.15) is 46.3 Å². The van der Waals surface area contributed by atoms with E-state index in [1.165, 1.54) is 31.4 Å². The number of sulfone groups is 1. The minimum Gasteiger partial charge on any atom is -0.467 e. The number of anilines is 1. The van der Waals surface area contributed by atoms with Crippen LogP contribution in [0.15, 0.2) is 77.7 Å². The normalized spacial score (nSPS) is 17.5. The number of methoxy groups -OCH3 is 1. The maximum absolute atomic E-state index is 13.0. The van der Waals surface area contributed by atoms with Crippen LogP contribution >= 0.6 is 0 Å². The molecule has 3 aromatic carbocycles. The molecule has 0 radical (unpaired) electrons. The van der Waals surface area contributed by atoms with E-state index in [4.69, 9.17) is 4.74 Å². The van der Waals surface area contributed by atoms with Gasteiger partial charge in [0.25, 0.3) is 5.91 Å². The molecule has 0 aliphatic carbocycles. The topological polar surface area (TPSA) is 92.8 Å². The third kappa shape index (κ3) is 6.47. The van der Waals surface area contributed by atoms with Crippen molar-refractivity contribution in [2.24, 2.45) is 0 Å². The fourth-order valence-corrected chi connectivity index (χ4v) is 5.62. The molecule has 0 spiro atoms. The first-order chi connectivity index (χ1) is 18.9. The average molecular weight is 575 g/mol. The van der Waals surface area contributed by atoms with Gasteiger partial charge in [0, 0.05) is 30.3 Å². The first-order valence-electron chi connectivity index (χ1n) is 12.6. The molecule has 40 heavy (non-hydrogen) atoms. The summed E-state index contributed by atoms with van der Waals surface area (Å²) in [4.78, 5) is 27.3. The van der Waals surface area contributed by atoms with Crippen molar-refractivity contribution in [3.05, 3.63) is 95.1 Å². The van der Waals surface area contributed by atoms with Gasteiger partial charge in [0.2, 0.25) is 0 Å². The Labute approximate surface area is 230 Å². The first kappa shape index (κ1) is 29.1.